The Bertz CT molecular complexity index is 1290. The van der Waals surface area contributed by atoms with Crippen LogP contribution < -0.4 is 9.47 Å². The highest BCUT2D eigenvalue weighted by Gasteiger charge is 2.67. The summed E-state index contributed by atoms with van der Waals surface area (Å²) in [7, 11) is 1.65. The number of ether oxygens (including phenoxy) is 2. The van der Waals surface area contributed by atoms with Crippen molar-refractivity contribution in [2.45, 2.75) is 95.2 Å². The number of phenolic OH excluding ortho intramolecular Hbond substituents is 1. The van der Waals surface area contributed by atoms with Gasteiger partial charge in [0.2, 0.25) is 5.91 Å². The molecule has 0 radical (unpaired) electrons. The highest BCUT2D eigenvalue weighted by Crippen LogP contribution is 2.65. The van der Waals surface area contributed by atoms with E-state index in [1.807, 2.05) is 6.08 Å². The van der Waals surface area contributed by atoms with Gasteiger partial charge in [-0.1, -0.05) is 56.7 Å². The third-order valence-corrected chi connectivity index (χ3v) is 10.6. The number of likely N-dealkylation sites (tertiary alicyclic amines) is 1. The SMILES string of the molecule is C=CCN1CC[C@]23c4c5c(O)cc(OC)c4O[C@H]2[C@@H](N(CC(C)C)C(=O)CCCCCc2ccccc2)CC[C@H]3[C@H]1C5. The minimum atomic E-state index is -0.217. The summed E-state index contributed by atoms with van der Waals surface area (Å²) in [5, 5.41) is 11.2. The summed E-state index contributed by atoms with van der Waals surface area (Å²) < 4.78 is 12.8. The van der Waals surface area contributed by atoms with Gasteiger partial charge in [0.25, 0.3) is 0 Å². The number of methoxy groups -OCH3 is 1. The highest BCUT2D eigenvalue weighted by molar-refractivity contribution is 5.77. The zero-order valence-corrected chi connectivity index (χ0v) is 25.7. The van der Waals surface area contributed by atoms with Crippen LogP contribution in [0.2, 0.25) is 0 Å². The van der Waals surface area contributed by atoms with Crippen molar-refractivity contribution in [3.63, 3.8) is 0 Å². The van der Waals surface area contributed by atoms with E-state index in [0.717, 1.165) is 82.3 Å². The van der Waals surface area contributed by atoms with E-state index >= 15 is 0 Å². The second-order valence-corrected chi connectivity index (χ2v) is 13.4. The topological polar surface area (TPSA) is 62.2 Å². The molecule has 5 atom stereocenters. The third kappa shape index (κ3) is 4.90. The van der Waals surface area contributed by atoms with Gasteiger partial charge in [-0.25, -0.2) is 0 Å². The number of phenols is 1. The van der Waals surface area contributed by atoms with Gasteiger partial charge < -0.3 is 19.5 Å². The molecular formula is C36H48N2O4. The van der Waals surface area contributed by atoms with Crippen molar-refractivity contribution in [3.05, 3.63) is 65.7 Å². The van der Waals surface area contributed by atoms with Crippen LogP contribution in [0.3, 0.4) is 0 Å². The number of hydrogen-bond donors (Lipinski definition) is 1. The zero-order chi connectivity index (χ0) is 29.4. The second kappa shape index (κ2) is 11.9. The van der Waals surface area contributed by atoms with Gasteiger partial charge >= 0.3 is 0 Å². The van der Waals surface area contributed by atoms with E-state index in [9.17, 15) is 9.90 Å². The van der Waals surface area contributed by atoms with Gasteiger partial charge in [-0.15, -0.1) is 6.58 Å². The fourth-order valence-electron chi connectivity index (χ4n) is 8.90. The molecule has 0 aromatic heterocycles. The largest absolute Gasteiger partial charge is 0.508 e. The molecule has 1 amide bonds. The Morgan fingerprint density at radius 3 is 2.79 bits per heavy atom. The van der Waals surface area contributed by atoms with E-state index < -0.39 is 0 Å². The van der Waals surface area contributed by atoms with Gasteiger partial charge in [0.15, 0.2) is 11.5 Å². The molecule has 6 rings (SSSR count). The average Bonchev–Trinajstić information content (AvgIpc) is 3.33. The van der Waals surface area contributed by atoms with E-state index in [2.05, 4.69) is 60.6 Å². The highest BCUT2D eigenvalue weighted by atomic mass is 16.5. The van der Waals surface area contributed by atoms with Crippen LogP contribution in [-0.4, -0.2) is 65.7 Å². The quantitative estimate of drug-likeness (QED) is 0.240. The minimum absolute atomic E-state index is 0.0114. The summed E-state index contributed by atoms with van der Waals surface area (Å²) in [5.74, 6) is 2.77. The van der Waals surface area contributed by atoms with Gasteiger partial charge in [0.1, 0.15) is 11.9 Å². The van der Waals surface area contributed by atoms with Crippen LogP contribution in [0.15, 0.2) is 49.1 Å². The van der Waals surface area contributed by atoms with Crippen LogP contribution in [0, 0.1) is 11.8 Å². The van der Waals surface area contributed by atoms with E-state index in [0.29, 0.717) is 35.8 Å². The molecule has 42 heavy (non-hydrogen) atoms. The number of piperidine rings is 1. The number of nitrogens with zero attached hydrogens (tertiary/aromatic N) is 2. The molecule has 2 aromatic rings. The lowest BCUT2D eigenvalue weighted by molar-refractivity contribution is -0.143. The van der Waals surface area contributed by atoms with E-state index in [-0.39, 0.29) is 23.5 Å². The van der Waals surface area contributed by atoms with Crippen LogP contribution in [0.4, 0.5) is 0 Å². The van der Waals surface area contributed by atoms with Crippen LogP contribution >= 0.6 is 0 Å². The predicted octanol–water partition coefficient (Wildman–Crippen LogP) is 6.28. The first-order valence-corrected chi connectivity index (χ1v) is 16.2. The molecule has 6 nitrogen and oxygen atoms in total. The number of carbonyl (C=O) groups is 1. The molecule has 2 heterocycles. The predicted molar refractivity (Wildman–Crippen MR) is 166 cm³/mol. The molecule has 226 valence electrons. The summed E-state index contributed by atoms with van der Waals surface area (Å²) in [6, 6.07) is 12.7. The molecular weight excluding hydrogens is 524 g/mol. The summed E-state index contributed by atoms with van der Waals surface area (Å²) in [4.78, 5) is 18.7. The van der Waals surface area contributed by atoms with E-state index in [1.54, 1.807) is 13.2 Å². The van der Waals surface area contributed by atoms with Gasteiger partial charge in [-0.2, -0.15) is 0 Å². The Kier molecular flexibility index (Phi) is 8.28. The van der Waals surface area contributed by atoms with Gasteiger partial charge in [-0.05, 0) is 68.9 Å². The summed E-state index contributed by atoms with van der Waals surface area (Å²) >= 11 is 0. The molecule has 2 aliphatic heterocycles. The lowest BCUT2D eigenvalue weighted by Gasteiger charge is -2.60. The normalized spacial score (nSPS) is 27.3. The number of carbonyl (C=O) groups excluding carboxylic acids is 1. The van der Waals surface area contributed by atoms with Crippen LogP contribution in [-0.2, 0) is 23.1 Å². The number of aryl methyl sites for hydroxylation is 1. The fraction of sp³-hybridized carbons (Fsp3) is 0.583. The third-order valence-electron chi connectivity index (χ3n) is 10.6. The number of rotatable bonds is 12. The summed E-state index contributed by atoms with van der Waals surface area (Å²) in [6.07, 6.45) is 10.4. The maximum absolute atomic E-state index is 14.0. The van der Waals surface area contributed by atoms with E-state index in [1.165, 1.54) is 11.1 Å². The van der Waals surface area contributed by atoms with Crippen molar-refractivity contribution in [2.24, 2.45) is 11.8 Å². The maximum atomic E-state index is 14.0. The number of hydrogen-bond acceptors (Lipinski definition) is 5. The molecule has 1 saturated heterocycles. The molecule has 0 unspecified atom stereocenters. The Balaban J connectivity index is 1.27. The number of benzene rings is 2. The summed E-state index contributed by atoms with van der Waals surface area (Å²) in [6.45, 7) is 11.0. The maximum Gasteiger partial charge on any atom is 0.222 e. The average molecular weight is 573 g/mol. The lowest BCUT2D eigenvalue weighted by atomic mass is 9.50. The lowest BCUT2D eigenvalue weighted by Crippen LogP contribution is -2.69. The van der Waals surface area contributed by atoms with Gasteiger partial charge in [0, 0.05) is 48.2 Å². The molecule has 1 N–H and O–H groups in total. The Morgan fingerprint density at radius 1 is 1.24 bits per heavy atom. The Hall–Kier alpha value is -2.99. The number of unbranched alkanes of at least 4 members (excludes halogenated alkanes) is 2. The van der Waals surface area contributed by atoms with Crippen molar-refractivity contribution >= 4 is 5.91 Å². The fourth-order valence-corrected chi connectivity index (χ4v) is 8.90. The monoisotopic (exact) mass is 572 g/mol. The Morgan fingerprint density at radius 2 is 2.05 bits per heavy atom. The van der Waals surface area contributed by atoms with E-state index in [4.69, 9.17) is 9.47 Å². The van der Waals surface area contributed by atoms with Gasteiger partial charge in [-0.3, -0.25) is 9.69 Å². The zero-order valence-electron chi connectivity index (χ0n) is 25.7. The number of amides is 1. The van der Waals surface area contributed by atoms with Crippen molar-refractivity contribution in [1.82, 2.24) is 9.80 Å². The van der Waals surface area contributed by atoms with Crippen LogP contribution in [0.25, 0.3) is 0 Å². The van der Waals surface area contributed by atoms with Crippen molar-refractivity contribution < 1.29 is 19.4 Å². The molecule has 1 spiro atoms. The molecule has 2 fully saturated rings. The summed E-state index contributed by atoms with van der Waals surface area (Å²) in [5.41, 5.74) is 3.34. The van der Waals surface area contributed by atoms with Crippen LogP contribution in [0.5, 0.6) is 17.2 Å². The first-order chi connectivity index (χ1) is 20.4. The first kappa shape index (κ1) is 29.1. The van der Waals surface area contributed by atoms with Crippen molar-refractivity contribution in [3.8, 4) is 17.2 Å². The van der Waals surface area contributed by atoms with Crippen LogP contribution in [0.1, 0.15) is 75.5 Å². The molecule has 2 aromatic carbocycles. The van der Waals surface area contributed by atoms with Gasteiger partial charge in [0.05, 0.1) is 13.2 Å². The Labute approximate surface area is 251 Å². The minimum Gasteiger partial charge on any atom is -0.508 e. The molecule has 4 aliphatic rings. The smallest absolute Gasteiger partial charge is 0.222 e. The molecule has 6 heteroatoms. The number of aromatic hydroxyl groups is 1. The van der Waals surface area contributed by atoms with Crippen molar-refractivity contribution in [2.75, 3.05) is 26.7 Å². The molecule has 2 aliphatic carbocycles. The molecule has 2 bridgehead atoms. The second-order valence-electron chi connectivity index (χ2n) is 13.4. The standard InChI is InChI=1S/C36H48N2O4/c1-5-19-37-20-18-36-27-16-17-28(35(36)42-34-31(41-4)22-30(39)26(33(34)36)21-29(27)37)38(23-24(2)3)32(40)15-11-7-10-14-25-12-8-6-9-13-25/h5-6,8-9,12-13,22,24,27-29,35,39H,1,7,10-11,14-21,23H2,2-4H3/t27-,28-,29+,35-,36-/m0/s1. The molecule has 1 saturated carbocycles. The first-order valence-electron chi connectivity index (χ1n) is 16.2. The van der Waals surface area contributed by atoms with Crippen molar-refractivity contribution in [1.29, 1.82) is 0 Å².